The maximum atomic E-state index is 12.9. The molecule has 1 heterocycles. The topological polar surface area (TPSA) is 43.4 Å². The van der Waals surface area contributed by atoms with E-state index in [2.05, 4.69) is 27.0 Å². The molecular weight excluding hydrogens is 312 g/mol. The maximum Gasteiger partial charge on any atom is 0.339 e. The van der Waals surface area contributed by atoms with Crippen LogP contribution < -0.4 is 0 Å². The Balaban J connectivity index is 1.62. The number of cyclic esters (lactones) is 1. The summed E-state index contributed by atoms with van der Waals surface area (Å²) in [5.74, 6) is 1.52. The summed E-state index contributed by atoms with van der Waals surface area (Å²) in [6, 6.07) is 0. The number of hydrogen-bond acceptors (Lipinski definition) is 3. The molecule has 0 radical (unpaired) electrons. The van der Waals surface area contributed by atoms with E-state index in [-0.39, 0.29) is 22.2 Å². The number of ether oxygens (including phenoxy) is 1. The minimum atomic E-state index is -0.189. The lowest BCUT2D eigenvalue weighted by molar-refractivity contribution is -0.133. The molecule has 4 aliphatic carbocycles. The van der Waals surface area contributed by atoms with Crippen LogP contribution in [0.2, 0.25) is 0 Å². The van der Waals surface area contributed by atoms with Crippen LogP contribution in [-0.2, 0) is 14.3 Å². The van der Waals surface area contributed by atoms with E-state index in [0.717, 1.165) is 61.7 Å². The zero-order valence-corrected chi connectivity index (χ0v) is 15.2. The number of ketones is 1. The number of carbonyl (C=O) groups is 2. The second-order valence-electron chi connectivity index (χ2n) is 9.59. The molecule has 3 heteroatoms. The monoisotopic (exact) mass is 338 g/mol. The van der Waals surface area contributed by atoms with Gasteiger partial charge < -0.3 is 4.74 Å². The van der Waals surface area contributed by atoms with Crippen molar-refractivity contribution in [2.24, 2.45) is 28.1 Å². The van der Waals surface area contributed by atoms with E-state index >= 15 is 0 Å². The van der Waals surface area contributed by atoms with Gasteiger partial charge in [0.1, 0.15) is 5.76 Å². The Kier molecular flexibility index (Phi) is 2.72. The van der Waals surface area contributed by atoms with Gasteiger partial charge in [0, 0.05) is 22.0 Å². The molecule has 0 saturated heterocycles. The second kappa shape index (κ2) is 4.36. The Labute approximate surface area is 149 Å². The Hall–Kier alpha value is -1.64. The van der Waals surface area contributed by atoms with Crippen molar-refractivity contribution in [2.75, 3.05) is 0 Å². The van der Waals surface area contributed by atoms with Gasteiger partial charge in [0.05, 0.1) is 0 Å². The van der Waals surface area contributed by atoms with Crippen molar-refractivity contribution in [3.63, 3.8) is 0 Å². The fraction of sp³-hybridized carbons (Fsp3) is 0.636. The van der Waals surface area contributed by atoms with Gasteiger partial charge in [-0.1, -0.05) is 27.0 Å². The molecule has 3 nitrogen and oxygen atoms in total. The van der Waals surface area contributed by atoms with Crippen molar-refractivity contribution < 1.29 is 14.3 Å². The summed E-state index contributed by atoms with van der Waals surface area (Å²) in [5, 5.41) is 0. The first-order chi connectivity index (χ1) is 11.7. The number of fused-ring (bicyclic) bond motifs is 4. The Morgan fingerprint density at radius 3 is 2.60 bits per heavy atom. The molecule has 132 valence electrons. The number of Topliss-reactive ketones (excluding diaryl/α,β-unsaturated/α-hetero) is 1. The van der Waals surface area contributed by atoms with E-state index in [1.54, 1.807) is 0 Å². The van der Waals surface area contributed by atoms with Crippen LogP contribution in [0.1, 0.15) is 58.8 Å². The van der Waals surface area contributed by atoms with Gasteiger partial charge in [0.25, 0.3) is 0 Å². The normalized spacial score (nSPS) is 48.2. The first-order valence-electron chi connectivity index (χ1n) is 9.62. The largest absolute Gasteiger partial charge is 0.423 e. The zero-order chi connectivity index (χ0) is 17.8. The Morgan fingerprint density at radius 2 is 1.84 bits per heavy atom. The first-order valence-corrected chi connectivity index (χ1v) is 9.62. The van der Waals surface area contributed by atoms with Crippen molar-refractivity contribution in [3.8, 4) is 0 Å². The number of rotatable bonds is 0. The van der Waals surface area contributed by atoms with Crippen LogP contribution in [0.25, 0.3) is 0 Å². The predicted octanol–water partition coefficient (Wildman–Crippen LogP) is 4.50. The summed E-state index contributed by atoms with van der Waals surface area (Å²) in [7, 11) is 0. The lowest BCUT2D eigenvalue weighted by Gasteiger charge is -2.60. The number of carbonyl (C=O) groups excluding carboxylic acids is 2. The molecule has 25 heavy (non-hydrogen) atoms. The highest BCUT2D eigenvalue weighted by Crippen LogP contribution is 2.73. The number of allylic oxidation sites excluding steroid dienone is 2. The quantitative estimate of drug-likeness (QED) is 0.482. The maximum absolute atomic E-state index is 12.9. The van der Waals surface area contributed by atoms with Crippen LogP contribution in [-0.4, -0.2) is 11.8 Å². The molecule has 0 N–H and O–H groups in total. The average molecular weight is 338 g/mol. The lowest BCUT2D eigenvalue weighted by Crippen LogP contribution is -2.53. The van der Waals surface area contributed by atoms with Crippen LogP contribution in [0.5, 0.6) is 0 Å². The summed E-state index contributed by atoms with van der Waals surface area (Å²) >= 11 is 0. The smallest absolute Gasteiger partial charge is 0.339 e. The fourth-order valence-electron chi connectivity index (χ4n) is 7.46. The van der Waals surface area contributed by atoms with Gasteiger partial charge in [-0.25, -0.2) is 4.79 Å². The summed E-state index contributed by atoms with van der Waals surface area (Å²) in [5.41, 5.74) is 2.75. The summed E-state index contributed by atoms with van der Waals surface area (Å²) in [6.07, 6.45) is 6.85. The predicted molar refractivity (Wildman–Crippen MR) is 94.4 cm³/mol. The molecule has 1 spiro atoms. The minimum absolute atomic E-state index is 0.0157. The number of hydrogen-bond donors (Lipinski definition) is 0. The zero-order valence-electron chi connectivity index (χ0n) is 15.2. The minimum Gasteiger partial charge on any atom is -0.423 e. The van der Waals surface area contributed by atoms with Crippen LogP contribution >= 0.6 is 0 Å². The van der Waals surface area contributed by atoms with E-state index < -0.39 is 0 Å². The van der Waals surface area contributed by atoms with Crippen LogP contribution in [0.4, 0.5) is 0 Å². The molecule has 5 atom stereocenters. The van der Waals surface area contributed by atoms with Crippen LogP contribution in [0.3, 0.4) is 0 Å². The van der Waals surface area contributed by atoms with E-state index in [9.17, 15) is 9.59 Å². The fourth-order valence-corrected chi connectivity index (χ4v) is 7.46. The molecule has 2 bridgehead atoms. The van der Waals surface area contributed by atoms with Crippen LogP contribution in [0.15, 0.2) is 35.6 Å². The highest BCUT2D eigenvalue weighted by molar-refractivity contribution is 6.03. The number of esters is 1. The van der Waals surface area contributed by atoms with E-state index in [1.807, 2.05) is 0 Å². The molecule has 0 aromatic carbocycles. The van der Waals surface area contributed by atoms with Gasteiger partial charge >= 0.3 is 5.97 Å². The van der Waals surface area contributed by atoms with Crippen molar-refractivity contribution in [1.82, 2.24) is 0 Å². The average Bonchev–Trinajstić information content (AvgIpc) is 2.92. The molecule has 5 aliphatic rings. The molecule has 0 aromatic heterocycles. The van der Waals surface area contributed by atoms with Crippen molar-refractivity contribution in [2.45, 2.75) is 58.8 Å². The molecule has 0 aromatic rings. The molecule has 5 rings (SSSR count). The van der Waals surface area contributed by atoms with Crippen molar-refractivity contribution >= 4 is 11.8 Å². The third kappa shape index (κ3) is 1.59. The molecule has 3 fully saturated rings. The molecule has 3 saturated carbocycles. The molecule has 0 unspecified atom stereocenters. The molecule has 0 amide bonds. The third-order valence-corrected chi connectivity index (χ3v) is 8.60. The summed E-state index contributed by atoms with van der Waals surface area (Å²) < 4.78 is 5.37. The lowest BCUT2D eigenvalue weighted by atomic mass is 9.43. The van der Waals surface area contributed by atoms with Gasteiger partial charge in [-0.3, -0.25) is 4.79 Å². The van der Waals surface area contributed by atoms with E-state index in [1.165, 1.54) is 0 Å². The summed E-state index contributed by atoms with van der Waals surface area (Å²) in [6.45, 7) is 12.9. The molecule has 1 aliphatic heterocycles. The highest BCUT2D eigenvalue weighted by Gasteiger charge is 2.68. The van der Waals surface area contributed by atoms with Crippen LogP contribution in [0, 0.1) is 28.1 Å². The van der Waals surface area contributed by atoms with Crippen molar-refractivity contribution in [3.05, 3.63) is 35.6 Å². The SMILES string of the molecule is C=C1OC(=O)C2=C1[C@H]1CC[C@]34C[C@](C)(CC[C@H]3[C@]1(C)CC2)C(=O)C4=C. The second-order valence-corrected chi connectivity index (χ2v) is 9.59. The van der Waals surface area contributed by atoms with E-state index in [0.29, 0.717) is 23.4 Å². The summed E-state index contributed by atoms with van der Waals surface area (Å²) in [4.78, 5) is 25.1. The van der Waals surface area contributed by atoms with Gasteiger partial charge in [0.2, 0.25) is 0 Å². The third-order valence-electron chi connectivity index (χ3n) is 8.60. The van der Waals surface area contributed by atoms with Crippen molar-refractivity contribution in [1.29, 1.82) is 0 Å². The Bertz CT molecular complexity index is 802. The highest BCUT2D eigenvalue weighted by atomic mass is 16.5. The first kappa shape index (κ1) is 15.6. The molecular formula is C22H26O3. The Morgan fingerprint density at radius 1 is 1.08 bits per heavy atom. The van der Waals surface area contributed by atoms with E-state index in [4.69, 9.17) is 4.74 Å². The van der Waals surface area contributed by atoms with Gasteiger partial charge in [0.15, 0.2) is 5.78 Å². The van der Waals surface area contributed by atoms with Gasteiger partial charge in [-0.05, 0) is 67.8 Å². The standard InChI is InChI=1S/C22H26O3/c1-12-18(23)20(3)8-7-16-21(4)9-5-14-17(13(2)25-19(14)24)15(21)6-10-22(12,16)11-20/h15-16H,1-2,5-11H2,3-4H3/t15-,16+,20+,21-,22-/m1/s1. The van der Waals surface area contributed by atoms with Gasteiger partial charge in [-0.15, -0.1) is 0 Å². The van der Waals surface area contributed by atoms with Gasteiger partial charge in [-0.2, -0.15) is 0 Å².